The molecule has 2 heterocycles. The summed E-state index contributed by atoms with van der Waals surface area (Å²) in [5, 5.41) is 0. The maximum Gasteiger partial charge on any atom is 0.230 e. The van der Waals surface area contributed by atoms with Gasteiger partial charge in [-0.05, 0) is 18.4 Å². The number of benzene rings is 1. The lowest BCUT2D eigenvalue weighted by atomic mass is 10.0. The van der Waals surface area contributed by atoms with E-state index in [0.29, 0.717) is 5.92 Å². The van der Waals surface area contributed by atoms with Crippen LogP contribution in [0.15, 0.2) is 35.9 Å². The molecule has 0 unspecified atom stereocenters. The number of rotatable bonds is 4. The van der Waals surface area contributed by atoms with Gasteiger partial charge >= 0.3 is 0 Å². The third-order valence-corrected chi connectivity index (χ3v) is 4.40. The first-order valence-corrected chi connectivity index (χ1v) is 8.95. The van der Waals surface area contributed by atoms with Crippen LogP contribution >= 0.6 is 0 Å². The van der Waals surface area contributed by atoms with Gasteiger partial charge in [0.25, 0.3) is 0 Å². The molecule has 0 radical (unpaired) electrons. The van der Waals surface area contributed by atoms with Gasteiger partial charge in [-0.1, -0.05) is 55.8 Å². The van der Waals surface area contributed by atoms with Crippen LogP contribution in [-0.2, 0) is 0 Å². The van der Waals surface area contributed by atoms with Gasteiger partial charge < -0.3 is 9.80 Å². The molecule has 0 bridgehead atoms. The Labute approximate surface area is 150 Å². The maximum atomic E-state index is 4.71. The second-order valence-corrected chi connectivity index (χ2v) is 7.04. The van der Waals surface area contributed by atoms with E-state index in [-0.39, 0.29) is 0 Å². The van der Waals surface area contributed by atoms with Crippen LogP contribution in [-0.4, -0.2) is 42.1 Å². The molecule has 2 aromatic rings. The molecular formula is C20H27N5. The lowest BCUT2D eigenvalue weighted by molar-refractivity contribution is 0.656. The largest absolute Gasteiger partial charge is 0.347 e. The van der Waals surface area contributed by atoms with E-state index in [0.717, 1.165) is 43.7 Å². The quantitative estimate of drug-likeness (QED) is 0.850. The highest BCUT2D eigenvalue weighted by Crippen LogP contribution is 2.24. The van der Waals surface area contributed by atoms with E-state index in [1.807, 2.05) is 19.0 Å². The lowest BCUT2D eigenvalue weighted by Crippen LogP contribution is -2.33. The minimum Gasteiger partial charge on any atom is -0.347 e. The van der Waals surface area contributed by atoms with Crippen molar-refractivity contribution < 1.29 is 0 Å². The van der Waals surface area contributed by atoms with Crippen LogP contribution in [0.1, 0.15) is 44.0 Å². The van der Waals surface area contributed by atoms with Crippen molar-refractivity contribution in [3.05, 3.63) is 47.3 Å². The van der Waals surface area contributed by atoms with E-state index in [2.05, 4.69) is 65.1 Å². The molecule has 1 saturated heterocycles. The molecule has 5 nitrogen and oxygen atoms in total. The van der Waals surface area contributed by atoms with Crippen molar-refractivity contribution in [3.63, 3.8) is 0 Å². The summed E-state index contributed by atoms with van der Waals surface area (Å²) in [4.78, 5) is 18.2. The number of nitrogens with zero attached hydrogens (tertiary/aromatic N) is 5. The number of piperidine rings is 1. The third-order valence-electron chi connectivity index (χ3n) is 4.40. The summed E-state index contributed by atoms with van der Waals surface area (Å²) in [7, 11) is 3.94. The zero-order valence-electron chi connectivity index (χ0n) is 15.6. The molecule has 1 aromatic heterocycles. The zero-order valence-corrected chi connectivity index (χ0v) is 15.6. The molecule has 1 aromatic carbocycles. The fraction of sp³-hybridized carbons (Fsp3) is 0.450. The molecule has 3 rings (SSSR count). The van der Waals surface area contributed by atoms with E-state index in [9.17, 15) is 0 Å². The van der Waals surface area contributed by atoms with Gasteiger partial charge in [0, 0.05) is 33.1 Å². The topological polar surface area (TPSA) is 45.2 Å². The van der Waals surface area contributed by atoms with Crippen molar-refractivity contribution in [3.8, 4) is 0 Å². The summed E-state index contributed by atoms with van der Waals surface area (Å²) in [6.45, 7) is 6.14. The summed E-state index contributed by atoms with van der Waals surface area (Å²) >= 11 is 0. The van der Waals surface area contributed by atoms with E-state index in [4.69, 9.17) is 4.98 Å². The Kier molecular flexibility index (Phi) is 5.31. The molecule has 0 spiro atoms. The minimum absolute atomic E-state index is 0.291. The van der Waals surface area contributed by atoms with Crippen molar-refractivity contribution in [2.24, 2.45) is 0 Å². The van der Waals surface area contributed by atoms with Crippen LogP contribution in [0, 0.1) is 0 Å². The van der Waals surface area contributed by atoms with Gasteiger partial charge in [-0.3, -0.25) is 0 Å². The van der Waals surface area contributed by atoms with Crippen LogP contribution in [0.3, 0.4) is 0 Å². The van der Waals surface area contributed by atoms with Crippen molar-refractivity contribution >= 4 is 18.0 Å². The predicted octanol–water partition coefficient (Wildman–Crippen LogP) is 3.74. The van der Waals surface area contributed by atoms with Gasteiger partial charge in [0.2, 0.25) is 11.9 Å². The summed E-state index contributed by atoms with van der Waals surface area (Å²) in [6, 6.07) is 10.5. The zero-order chi connectivity index (χ0) is 17.8. The molecule has 0 amide bonds. The lowest BCUT2D eigenvalue weighted by Gasteiger charge is -2.29. The Bertz CT molecular complexity index is 701. The third kappa shape index (κ3) is 4.35. The van der Waals surface area contributed by atoms with Crippen LogP contribution < -0.4 is 9.80 Å². The molecule has 0 atom stereocenters. The van der Waals surface area contributed by atoms with Crippen molar-refractivity contribution in [1.29, 1.82) is 0 Å². The van der Waals surface area contributed by atoms with Gasteiger partial charge in [-0.2, -0.15) is 15.0 Å². The molecule has 0 saturated carbocycles. The molecule has 132 valence electrons. The van der Waals surface area contributed by atoms with E-state index in [1.165, 1.54) is 11.1 Å². The second-order valence-electron chi connectivity index (χ2n) is 7.04. The Hall–Kier alpha value is -2.43. The van der Waals surface area contributed by atoms with Gasteiger partial charge in [-0.25, -0.2) is 0 Å². The number of hydrogen-bond donors (Lipinski definition) is 0. The summed E-state index contributed by atoms with van der Waals surface area (Å²) < 4.78 is 0. The first kappa shape index (κ1) is 17.4. The van der Waals surface area contributed by atoms with Gasteiger partial charge in [-0.15, -0.1) is 0 Å². The second kappa shape index (κ2) is 7.64. The Morgan fingerprint density at radius 1 is 1.00 bits per heavy atom. The van der Waals surface area contributed by atoms with Crippen molar-refractivity contribution in [1.82, 2.24) is 15.0 Å². The van der Waals surface area contributed by atoms with Crippen LogP contribution in [0.25, 0.3) is 6.08 Å². The SMILES string of the molecule is CC(C)c1nc(N(C)C)nc(N2CCC(=Cc3ccccc3)CC2)n1. The monoisotopic (exact) mass is 337 g/mol. The van der Waals surface area contributed by atoms with Crippen LogP contribution in [0.2, 0.25) is 0 Å². The standard InChI is InChI=1S/C20H27N5/c1-15(2)18-21-19(24(3)4)23-20(22-18)25-12-10-17(11-13-25)14-16-8-6-5-7-9-16/h5-9,14-15H,10-13H2,1-4H3. The van der Waals surface area contributed by atoms with E-state index in [1.54, 1.807) is 0 Å². The minimum atomic E-state index is 0.291. The Balaban J connectivity index is 1.75. The molecule has 1 aliphatic rings. The molecule has 5 heteroatoms. The predicted molar refractivity (Wildman–Crippen MR) is 104 cm³/mol. The molecule has 0 aliphatic carbocycles. The molecular weight excluding hydrogens is 310 g/mol. The highest BCUT2D eigenvalue weighted by molar-refractivity contribution is 5.54. The summed E-state index contributed by atoms with van der Waals surface area (Å²) in [6.07, 6.45) is 4.42. The smallest absolute Gasteiger partial charge is 0.230 e. The maximum absolute atomic E-state index is 4.71. The molecule has 1 fully saturated rings. The van der Waals surface area contributed by atoms with Crippen molar-refractivity contribution in [2.45, 2.75) is 32.6 Å². The molecule has 1 aliphatic heterocycles. The number of anilines is 2. The van der Waals surface area contributed by atoms with Crippen LogP contribution in [0.4, 0.5) is 11.9 Å². The highest BCUT2D eigenvalue weighted by Gasteiger charge is 2.19. The number of aromatic nitrogens is 3. The van der Waals surface area contributed by atoms with E-state index >= 15 is 0 Å². The van der Waals surface area contributed by atoms with Gasteiger partial charge in [0.15, 0.2) is 0 Å². The molecule has 25 heavy (non-hydrogen) atoms. The van der Waals surface area contributed by atoms with E-state index < -0.39 is 0 Å². The first-order valence-electron chi connectivity index (χ1n) is 8.95. The van der Waals surface area contributed by atoms with Crippen LogP contribution in [0.5, 0.6) is 0 Å². The average Bonchev–Trinajstić information content (AvgIpc) is 2.62. The van der Waals surface area contributed by atoms with Gasteiger partial charge in [0.1, 0.15) is 5.82 Å². The first-order chi connectivity index (χ1) is 12.0. The fourth-order valence-electron chi connectivity index (χ4n) is 2.89. The number of hydrogen-bond acceptors (Lipinski definition) is 5. The van der Waals surface area contributed by atoms with Crippen molar-refractivity contribution in [2.75, 3.05) is 37.0 Å². The summed E-state index contributed by atoms with van der Waals surface area (Å²) in [5.74, 6) is 2.69. The summed E-state index contributed by atoms with van der Waals surface area (Å²) in [5.41, 5.74) is 2.77. The average molecular weight is 337 g/mol. The Morgan fingerprint density at radius 2 is 1.68 bits per heavy atom. The molecule has 0 N–H and O–H groups in total. The van der Waals surface area contributed by atoms with Gasteiger partial charge in [0.05, 0.1) is 0 Å². The Morgan fingerprint density at radius 3 is 2.28 bits per heavy atom. The highest BCUT2D eigenvalue weighted by atomic mass is 15.3. The normalized spacial score (nSPS) is 14.8. The fourth-order valence-corrected chi connectivity index (χ4v) is 2.89.